The van der Waals surface area contributed by atoms with Crippen molar-refractivity contribution >= 4 is 50.8 Å². The number of hydrogen-bond donors (Lipinski definition) is 1. The van der Waals surface area contributed by atoms with E-state index in [-0.39, 0.29) is 32.4 Å². The van der Waals surface area contributed by atoms with Gasteiger partial charge in [0.2, 0.25) is 5.91 Å². The summed E-state index contributed by atoms with van der Waals surface area (Å²) in [4.78, 5) is 37.1. The Labute approximate surface area is 213 Å². The molecule has 0 unspecified atom stereocenters. The molecule has 0 heterocycles. The molecule has 188 valence electrons. The number of benzene rings is 3. The van der Waals surface area contributed by atoms with Crippen LogP contribution in [-0.4, -0.2) is 47.0 Å². The second-order valence-corrected chi connectivity index (χ2v) is 9.88. The molecule has 0 atom stereocenters. The minimum Gasteiger partial charge on any atom is -0.465 e. The van der Waals surface area contributed by atoms with E-state index in [2.05, 4.69) is 5.32 Å². The number of halogens is 1. The minimum atomic E-state index is -4.19. The molecule has 3 rings (SSSR count). The molecule has 0 saturated carbocycles. The van der Waals surface area contributed by atoms with Crippen LogP contribution in [0.25, 0.3) is 0 Å². The van der Waals surface area contributed by atoms with Gasteiger partial charge in [0.05, 0.1) is 41.0 Å². The second-order valence-electron chi connectivity index (χ2n) is 7.61. The summed E-state index contributed by atoms with van der Waals surface area (Å²) in [5, 5.41) is 2.66. The summed E-state index contributed by atoms with van der Waals surface area (Å²) in [5.74, 6) is -2.23. The number of carbonyl (C=O) groups is 3. The smallest absolute Gasteiger partial charge is 0.337 e. The van der Waals surface area contributed by atoms with Gasteiger partial charge in [0.15, 0.2) is 0 Å². The van der Waals surface area contributed by atoms with Gasteiger partial charge in [0.1, 0.15) is 6.54 Å². The monoisotopic (exact) mass is 530 g/mol. The highest BCUT2D eigenvalue weighted by atomic mass is 35.5. The zero-order valence-corrected chi connectivity index (χ0v) is 21.2. The third-order valence-electron chi connectivity index (χ3n) is 5.08. The number of methoxy groups -OCH3 is 2. The SMILES string of the molecule is COC(=O)c1cc(NC(=O)CN(c2ccccc2Cl)S(=O)(=O)c2ccc(C)cc2)cc(C(=O)OC)c1. The number of sulfonamides is 1. The lowest BCUT2D eigenvalue weighted by Gasteiger charge is -2.25. The Kier molecular flexibility index (Phi) is 8.33. The number of rotatable bonds is 8. The zero-order valence-electron chi connectivity index (χ0n) is 19.6. The molecule has 0 saturated heterocycles. The van der Waals surface area contributed by atoms with E-state index in [0.29, 0.717) is 0 Å². The summed E-state index contributed by atoms with van der Waals surface area (Å²) >= 11 is 6.28. The van der Waals surface area contributed by atoms with Gasteiger partial charge in [-0.05, 0) is 49.4 Å². The number of carbonyl (C=O) groups excluding carboxylic acids is 3. The van der Waals surface area contributed by atoms with Crippen LogP contribution < -0.4 is 9.62 Å². The van der Waals surface area contributed by atoms with E-state index in [9.17, 15) is 22.8 Å². The van der Waals surface area contributed by atoms with E-state index in [4.69, 9.17) is 21.1 Å². The molecular formula is C25H23ClN2O7S. The molecule has 11 heteroatoms. The van der Waals surface area contributed by atoms with Crippen LogP contribution in [0, 0.1) is 6.92 Å². The molecular weight excluding hydrogens is 508 g/mol. The number of esters is 2. The first-order chi connectivity index (χ1) is 17.1. The first-order valence-corrected chi connectivity index (χ1v) is 12.3. The molecule has 0 aliphatic heterocycles. The van der Waals surface area contributed by atoms with Gasteiger partial charge in [-0.1, -0.05) is 41.4 Å². The summed E-state index contributed by atoms with van der Waals surface area (Å²) < 4.78 is 37.3. The van der Waals surface area contributed by atoms with Gasteiger partial charge in [-0.2, -0.15) is 0 Å². The van der Waals surface area contributed by atoms with Crippen molar-refractivity contribution in [2.24, 2.45) is 0 Å². The fourth-order valence-electron chi connectivity index (χ4n) is 3.29. The van der Waals surface area contributed by atoms with E-state index in [1.54, 1.807) is 24.3 Å². The van der Waals surface area contributed by atoms with Crippen LogP contribution in [0.15, 0.2) is 71.6 Å². The molecule has 0 radical (unpaired) electrons. The summed E-state index contributed by atoms with van der Waals surface area (Å²) in [7, 11) is -1.85. The largest absolute Gasteiger partial charge is 0.465 e. The number of amides is 1. The van der Waals surface area contributed by atoms with Crippen LogP contribution in [-0.2, 0) is 24.3 Å². The van der Waals surface area contributed by atoms with Crippen LogP contribution in [0.5, 0.6) is 0 Å². The summed E-state index contributed by atoms with van der Waals surface area (Å²) in [6, 6.07) is 16.2. The maximum absolute atomic E-state index is 13.5. The van der Waals surface area contributed by atoms with Crippen molar-refractivity contribution in [2.45, 2.75) is 11.8 Å². The molecule has 1 N–H and O–H groups in total. The quantitative estimate of drug-likeness (QED) is 0.436. The number of anilines is 2. The third-order valence-corrected chi connectivity index (χ3v) is 7.17. The van der Waals surface area contributed by atoms with E-state index in [1.807, 2.05) is 6.92 Å². The van der Waals surface area contributed by atoms with Gasteiger partial charge >= 0.3 is 11.9 Å². The van der Waals surface area contributed by atoms with Gasteiger partial charge in [0.25, 0.3) is 10.0 Å². The zero-order chi connectivity index (χ0) is 26.5. The maximum Gasteiger partial charge on any atom is 0.337 e. The van der Waals surface area contributed by atoms with Crippen molar-refractivity contribution in [3.8, 4) is 0 Å². The molecule has 0 bridgehead atoms. The van der Waals surface area contributed by atoms with Crippen molar-refractivity contribution in [1.29, 1.82) is 0 Å². The first kappa shape index (κ1) is 26.7. The van der Waals surface area contributed by atoms with Crippen molar-refractivity contribution < 1.29 is 32.3 Å². The molecule has 0 aliphatic carbocycles. The lowest BCUT2D eigenvalue weighted by atomic mass is 10.1. The van der Waals surface area contributed by atoms with E-state index >= 15 is 0 Å². The minimum absolute atomic E-state index is 0.00839. The Balaban J connectivity index is 1.99. The highest BCUT2D eigenvalue weighted by molar-refractivity contribution is 7.92. The average Bonchev–Trinajstić information content (AvgIpc) is 2.86. The number of nitrogens with one attached hydrogen (secondary N) is 1. The number of hydrogen-bond acceptors (Lipinski definition) is 7. The Morgan fingerprint density at radius 3 is 1.97 bits per heavy atom. The molecule has 3 aromatic rings. The fraction of sp³-hybridized carbons (Fsp3) is 0.160. The normalized spacial score (nSPS) is 10.9. The Bertz CT molecular complexity index is 1370. The van der Waals surface area contributed by atoms with Crippen LogP contribution in [0.3, 0.4) is 0 Å². The number of nitrogens with zero attached hydrogens (tertiary/aromatic N) is 1. The van der Waals surface area contributed by atoms with Crippen molar-refractivity contribution in [2.75, 3.05) is 30.4 Å². The molecule has 9 nitrogen and oxygen atoms in total. The second kappa shape index (κ2) is 11.2. The average molecular weight is 531 g/mol. The van der Waals surface area contributed by atoms with Crippen molar-refractivity contribution in [3.05, 3.63) is 88.4 Å². The van der Waals surface area contributed by atoms with Gasteiger partial charge < -0.3 is 14.8 Å². The first-order valence-electron chi connectivity index (χ1n) is 10.5. The number of aryl methyl sites for hydroxylation is 1. The summed E-state index contributed by atoms with van der Waals surface area (Å²) in [5.41, 5.74) is 1.02. The van der Waals surface area contributed by atoms with Crippen LogP contribution >= 0.6 is 11.6 Å². The molecule has 36 heavy (non-hydrogen) atoms. The van der Waals surface area contributed by atoms with Crippen LogP contribution in [0.1, 0.15) is 26.3 Å². The predicted molar refractivity (Wildman–Crippen MR) is 135 cm³/mol. The standard InChI is InChI=1S/C25H23ClN2O7S/c1-16-8-10-20(11-9-16)36(32,33)28(22-7-5-4-6-21(22)26)15-23(29)27-19-13-17(24(30)34-2)12-18(14-19)25(31)35-3/h4-14H,15H2,1-3H3,(H,27,29). The van der Waals surface area contributed by atoms with E-state index in [1.165, 1.54) is 56.7 Å². The summed E-state index contributed by atoms with van der Waals surface area (Å²) in [6.07, 6.45) is 0. The lowest BCUT2D eigenvalue weighted by Crippen LogP contribution is -2.38. The molecule has 0 aliphatic rings. The van der Waals surface area contributed by atoms with E-state index < -0.39 is 34.4 Å². The predicted octanol–water partition coefficient (Wildman–Crippen LogP) is 4.06. The Morgan fingerprint density at radius 1 is 0.889 bits per heavy atom. The molecule has 1 amide bonds. The number of para-hydroxylation sites is 1. The molecule has 3 aromatic carbocycles. The molecule has 0 spiro atoms. The van der Waals surface area contributed by atoms with Gasteiger partial charge in [0, 0.05) is 5.69 Å². The van der Waals surface area contributed by atoms with Gasteiger partial charge in [-0.25, -0.2) is 18.0 Å². The van der Waals surface area contributed by atoms with Crippen LogP contribution in [0.2, 0.25) is 5.02 Å². The Hall–Kier alpha value is -3.89. The highest BCUT2D eigenvalue weighted by Crippen LogP contribution is 2.30. The van der Waals surface area contributed by atoms with Crippen molar-refractivity contribution in [3.63, 3.8) is 0 Å². The van der Waals surface area contributed by atoms with E-state index in [0.717, 1.165) is 9.87 Å². The topological polar surface area (TPSA) is 119 Å². The summed E-state index contributed by atoms with van der Waals surface area (Å²) in [6.45, 7) is 1.18. The number of ether oxygens (including phenoxy) is 2. The van der Waals surface area contributed by atoms with Crippen molar-refractivity contribution in [1.82, 2.24) is 0 Å². The van der Waals surface area contributed by atoms with Gasteiger partial charge in [-0.15, -0.1) is 0 Å². The Morgan fingerprint density at radius 2 is 1.44 bits per heavy atom. The third kappa shape index (κ3) is 6.02. The highest BCUT2D eigenvalue weighted by Gasteiger charge is 2.29. The molecule has 0 fully saturated rings. The lowest BCUT2D eigenvalue weighted by molar-refractivity contribution is -0.114. The maximum atomic E-state index is 13.5. The van der Waals surface area contributed by atoms with Crippen LogP contribution in [0.4, 0.5) is 11.4 Å². The van der Waals surface area contributed by atoms with Gasteiger partial charge in [-0.3, -0.25) is 9.10 Å². The fourth-order valence-corrected chi connectivity index (χ4v) is 5.02. The molecule has 0 aromatic heterocycles.